The third-order valence-corrected chi connectivity index (χ3v) is 5.12. The van der Waals surface area contributed by atoms with Gasteiger partial charge in [-0.05, 0) is 23.5 Å². The molecule has 3 rings (SSSR count). The number of nitriles is 1. The lowest BCUT2D eigenvalue weighted by molar-refractivity contribution is 0.0337. The fourth-order valence-corrected chi connectivity index (χ4v) is 3.83. The number of nitrogens with one attached hydrogen (secondary N) is 2. The van der Waals surface area contributed by atoms with Crippen LogP contribution in [0.2, 0.25) is 0 Å². The van der Waals surface area contributed by atoms with Crippen molar-refractivity contribution in [1.82, 2.24) is 10.9 Å². The lowest BCUT2D eigenvalue weighted by Gasteiger charge is -2.35. The zero-order chi connectivity index (χ0) is 17.3. The van der Waals surface area contributed by atoms with Gasteiger partial charge in [0.2, 0.25) is 5.88 Å². The molecule has 1 aromatic rings. The summed E-state index contributed by atoms with van der Waals surface area (Å²) >= 11 is 0. The van der Waals surface area contributed by atoms with Gasteiger partial charge in [0.05, 0.1) is 5.57 Å². The van der Waals surface area contributed by atoms with E-state index >= 15 is 0 Å². The summed E-state index contributed by atoms with van der Waals surface area (Å²) in [5, 5.41) is 9.66. The van der Waals surface area contributed by atoms with Gasteiger partial charge in [-0.2, -0.15) is 5.26 Å². The van der Waals surface area contributed by atoms with Crippen LogP contribution >= 0.6 is 0 Å². The first-order chi connectivity index (χ1) is 11.6. The lowest BCUT2D eigenvalue weighted by Crippen LogP contribution is -2.41. The summed E-state index contributed by atoms with van der Waals surface area (Å²) in [6, 6.07) is 11.1. The number of fused-ring (bicyclic) bond motifs is 1. The number of allylic oxidation sites excluding steroid dienone is 1. The van der Waals surface area contributed by atoms with Crippen LogP contribution in [0.1, 0.15) is 56.6 Å². The molecule has 2 aliphatic rings. The fourth-order valence-electron chi connectivity index (χ4n) is 3.83. The molecule has 128 valence electrons. The van der Waals surface area contributed by atoms with Crippen molar-refractivity contribution in [1.29, 1.82) is 5.26 Å². The maximum atomic E-state index is 9.66. The molecular weight excluding hydrogens is 300 g/mol. The van der Waals surface area contributed by atoms with Crippen LogP contribution in [0.4, 0.5) is 0 Å². The van der Waals surface area contributed by atoms with Crippen LogP contribution in [0.5, 0.6) is 0 Å². The molecule has 0 aliphatic carbocycles. The van der Waals surface area contributed by atoms with Crippen molar-refractivity contribution in [3.8, 4) is 6.07 Å². The zero-order valence-corrected chi connectivity index (χ0v) is 14.5. The Bertz CT molecular complexity index is 659. The zero-order valence-electron chi connectivity index (χ0n) is 14.5. The van der Waals surface area contributed by atoms with Crippen molar-refractivity contribution in [2.24, 2.45) is 11.7 Å². The Kier molecular flexibility index (Phi) is 4.79. The summed E-state index contributed by atoms with van der Waals surface area (Å²) in [7, 11) is 0. The van der Waals surface area contributed by atoms with Crippen LogP contribution in [0.3, 0.4) is 0 Å². The van der Waals surface area contributed by atoms with E-state index in [0.717, 1.165) is 18.4 Å². The first-order valence-electron chi connectivity index (χ1n) is 8.74. The smallest absolute Gasteiger partial charge is 0.200 e. The summed E-state index contributed by atoms with van der Waals surface area (Å²) in [6.07, 6.45) is 1.90. The first-order valence-corrected chi connectivity index (χ1v) is 8.74. The van der Waals surface area contributed by atoms with E-state index < -0.39 is 0 Å². The number of benzene rings is 1. The highest BCUT2D eigenvalue weighted by Crippen LogP contribution is 2.43. The Hall–Kier alpha value is -2.03. The van der Waals surface area contributed by atoms with E-state index in [-0.39, 0.29) is 30.0 Å². The summed E-state index contributed by atoms with van der Waals surface area (Å²) in [6.45, 7) is 6.53. The maximum absolute atomic E-state index is 9.66. The van der Waals surface area contributed by atoms with E-state index in [9.17, 15) is 5.26 Å². The standard InChI is InChI=1S/C19H26N4O/c1-4-5-15-17-16(13-8-6-12(7-9-13)11(2)3)14(10-20)18(21)24-19(17)23-22-15/h6-9,11,15-17,19,22-23H,4-5,21H2,1-3H3. The molecular formula is C19H26N4O. The number of nitrogens with two attached hydrogens (primary N) is 1. The highest BCUT2D eigenvalue weighted by molar-refractivity contribution is 5.42. The molecule has 0 radical (unpaired) electrons. The molecule has 2 aliphatic heterocycles. The van der Waals surface area contributed by atoms with Crippen LogP contribution in [-0.2, 0) is 4.74 Å². The molecule has 0 spiro atoms. The van der Waals surface area contributed by atoms with E-state index in [2.05, 4.69) is 62.0 Å². The molecule has 1 saturated heterocycles. The monoisotopic (exact) mass is 326 g/mol. The van der Waals surface area contributed by atoms with Gasteiger partial charge in [0.15, 0.2) is 6.23 Å². The van der Waals surface area contributed by atoms with Gasteiger partial charge >= 0.3 is 0 Å². The molecule has 0 saturated carbocycles. The quantitative estimate of drug-likeness (QED) is 0.792. The van der Waals surface area contributed by atoms with Gasteiger partial charge in [-0.1, -0.05) is 51.5 Å². The topological polar surface area (TPSA) is 83.1 Å². The van der Waals surface area contributed by atoms with E-state index in [1.54, 1.807) is 0 Å². The Morgan fingerprint density at radius 1 is 1.25 bits per heavy atom. The van der Waals surface area contributed by atoms with Gasteiger partial charge in [0.1, 0.15) is 6.07 Å². The second kappa shape index (κ2) is 6.84. The molecule has 4 atom stereocenters. The van der Waals surface area contributed by atoms with Crippen LogP contribution in [0.15, 0.2) is 35.7 Å². The van der Waals surface area contributed by atoms with Gasteiger partial charge in [-0.25, -0.2) is 5.43 Å². The van der Waals surface area contributed by atoms with Gasteiger partial charge in [0, 0.05) is 17.9 Å². The minimum Gasteiger partial charge on any atom is -0.458 e. The van der Waals surface area contributed by atoms with Crippen LogP contribution in [0, 0.1) is 17.2 Å². The van der Waals surface area contributed by atoms with Gasteiger partial charge in [0.25, 0.3) is 0 Å². The number of rotatable bonds is 4. The minimum absolute atomic E-state index is 0.0472. The highest BCUT2D eigenvalue weighted by Gasteiger charge is 2.48. The highest BCUT2D eigenvalue weighted by atomic mass is 16.5. The average molecular weight is 326 g/mol. The van der Waals surface area contributed by atoms with Crippen molar-refractivity contribution in [2.45, 2.75) is 57.7 Å². The molecule has 0 bridgehead atoms. The molecule has 4 unspecified atom stereocenters. The molecule has 1 aromatic carbocycles. The number of hydrazine groups is 1. The fraction of sp³-hybridized carbons (Fsp3) is 0.526. The molecule has 0 amide bonds. The SMILES string of the molecule is CCCC1NNC2OC(N)=C(C#N)C(c3ccc(C(C)C)cc3)C12. The van der Waals surface area contributed by atoms with Crippen molar-refractivity contribution < 1.29 is 4.74 Å². The normalized spacial score (nSPS) is 29.3. The number of hydrogen-bond acceptors (Lipinski definition) is 5. The summed E-state index contributed by atoms with van der Waals surface area (Å²) in [4.78, 5) is 0. The van der Waals surface area contributed by atoms with Crippen LogP contribution in [0.25, 0.3) is 0 Å². The Labute approximate surface area is 143 Å². The molecule has 1 fully saturated rings. The number of ether oxygens (including phenoxy) is 1. The predicted molar refractivity (Wildman–Crippen MR) is 93.4 cm³/mol. The number of hydrogen-bond donors (Lipinski definition) is 3. The number of nitrogens with zero attached hydrogens (tertiary/aromatic N) is 1. The van der Waals surface area contributed by atoms with Gasteiger partial charge in [-0.15, -0.1) is 0 Å². The molecule has 5 heteroatoms. The van der Waals surface area contributed by atoms with Gasteiger partial charge in [-0.3, -0.25) is 5.43 Å². The Morgan fingerprint density at radius 2 is 1.96 bits per heavy atom. The lowest BCUT2D eigenvalue weighted by atomic mass is 9.74. The van der Waals surface area contributed by atoms with E-state index in [4.69, 9.17) is 10.5 Å². The Balaban J connectivity index is 2.02. The summed E-state index contributed by atoms with van der Waals surface area (Å²) in [5.41, 5.74) is 15.5. The molecule has 24 heavy (non-hydrogen) atoms. The molecule has 2 heterocycles. The second-order valence-electron chi connectivity index (χ2n) is 6.99. The molecule has 0 aromatic heterocycles. The van der Waals surface area contributed by atoms with E-state index in [1.807, 2.05) is 0 Å². The maximum Gasteiger partial charge on any atom is 0.200 e. The van der Waals surface area contributed by atoms with Gasteiger partial charge < -0.3 is 10.5 Å². The van der Waals surface area contributed by atoms with Crippen LogP contribution in [-0.4, -0.2) is 12.3 Å². The molecule has 4 N–H and O–H groups in total. The summed E-state index contributed by atoms with van der Waals surface area (Å²) < 4.78 is 5.77. The van der Waals surface area contributed by atoms with Crippen molar-refractivity contribution in [2.75, 3.05) is 0 Å². The first kappa shape index (κ1) is 16.8. The largest absolute Gasteiger partial charge is 0.458 e. The summed E-state index contributed by atoms with van der Waals surface area (Å²) in [5.74, 6) is 0.828. The average Bonchev–Trinajstić information content (AvgIpc) is 2.96. The minimum atomic E-state index is -0.201. The van der Waals surface area contributed by atoms with Crippen molar-refractivity contribution in [3.63, 3.8) is 0 Å². The van der Waals surface area contributed by atoms with E-state index in [0.29, 0.717) is 11.5 Å². The molecule has 5 nitrogen and oxygen atoms in total. The van der Waals surface area contributed by atoms with Crippen molar-refractivity contribution in [3.05, 3.63) is 46.8 Å². The van der Waals surface area contributed by atoms with Crippen molar-refractivity contribution >= 4 is 0 Å². The Morgan fingerprint density at radius 3 is 2.54 bits per heavy atom. The third kappa shape index (κ3) is 2.88. The second-order valence-corrected chi connectivity index (χ2v) is 6.99. The van der Waals surface area contributed by atoms with Crippen LogP contribution < -0.4 is 16.6 Å². The third-order valence-electron chi connectivity index (χ3n) is 5.12. The van der Waals surface area contributed by atoms with E-state index in [1.165, 1.54) is 5.56 Å². The predicted octanol–water partition coefficient (Wildman–Crippen LogP) is 2.84.